The van der Waals surface area contributed by atoms with Crippen molar-refractivity contribution in [2.45, 2.75) is 10.1 Å². The summed E-state index contributed by atoms with van der Waals surface area (Å²) in [6.07, 6.45) is 5.08. The standard InChI is InChI=1S/C8H8Cl2O3S/c1-2-8(14(11,12)13)5-6(9)3-4-7(8)10/h2-5,7H,1H2,(H,11,12,13). The Morgan fingerprint density at radius 1 is 1.64 bits per heavy atom. The lowest BCUT2D eigenvalue weighted by Crippen LogP contribution is -2.43. The summed E-state index contributed by atoms with van der Waals surface area (Å²) in [6, 6.07) is 0. The normalized spacial score (nSPS) is 32.5. The van der Waals surface area contributed by atoms with Crippen LogP contribution in [0.25, 0.3) is 0 Å². The lowest BCUT2D eigenvalue weighted by atomic mass is 9.99. The molecule has 1 rings (SSSR count). The van der Waals surface area contributed by atoms with E-state index >= 15 is 0 Å². The first-order valence-electron chi connectivity index (χ1n) is 3.65. The number of hydrogen-bond acceptors (Lipinski definition) is 2. The van der Waals surface area contributed by atoms with E-state index in [0.717, 1.165) is 12.2 Å². The Hall–Kier alpha value is -0.290. The van der Waals surface area contributed by atoms with Crippen LogP contribution in [0.5, 0.6) is 0 Å². The summed E-state index contributed by atoms with van der Waals surface area (Å²) < 4.78 is 29.6. The molecule has 0 radical (unpaired) electrons. The molecule has 0 aromatic heterocycles. The topological polar surface area (TPSA) is 54.4 Å². The van der Waals surface area contributed by atoms with Crippen LogP contribution < -0.4 is 0 Å². The van der Waals surface area contributed by atoms with Gasteiger partial charge in [-0.1, -0.05) is 23.8 Å². The van der Waals surface area contributed by atoms with Crippen LogP contribution in [0.2, 0.25) is 0 Å². The number of rotatable bonds is 2. The van der Waals surface area contributed by atoms with Gasteiger partial charge in [-0.15, -0.1) is 18.2 Å². The van der Waals surface area contributed by atoms with Gasteiger partial charge in [-0.05, 0) is 12.2 Å². The first-order chi connectivity index (χ1) is 6.33. The highest BCUT2D eigenvalue weighted by atomic mass is 35.5. The summed E-state index contributed by atoms with van der Waals surface area (Å²) in [5.74, 6) is 0. The van der Waals surface area contributed by atoms with Gasteiger partial charge in [0.15, 0.2) is 4.75 Å². The predicted molar refractivity (Wildman–Crippen MR) is 57.2 cm³/mol. The lowest BCUT2D eigenvalue weighted by molar-refractivity contribution is 0.462. The Balaban J connectivity index is 3.39. The van der Waals surface area contributed by atoms with Gasteiger partial charge in [0.05, 0.1) is 5.38 Å². The van der Waals surface area contributed by atoms with E-state index in [9.17, 15) is 8.42 Å². The third-order valence-electron chi connectivity index (χ3n) is 1.98. The Morgan fingerprint density at radius 3 is 2.57 bits per heavy atom. The molecule has 0 bridgehead atoms. The Morgan fingerprint density at radius 2 is 2.21 bits per heavy atom. The molecule has 6 heteroatoms. The van der Waals surface area contributed by atoms with Crippen LogP contribution in [-0.4, -0.2) is 23.1 Å². The van der Waals surface area contributed by atoms with Gasteiger partial charge in [-0.2, -0.15) is 8.42 Å². The number of halogens is 2. The van der Waals surface area contributed by atoms with Crippen molar-refractivity contribution in [3.05, 3.63) is 35.9 Å². The second kappa shape index (κ2) is 3.70. The molecule has 78 valence electrons. The van der Waals surface area contributed by atoms with E-state index in [2.05, 4.69) is 6.58 Å². The van der Waals surface area contributed by atoms with Crippen molar-refractivity contribution in [2.24, 2.45) is 0 Å². The molecule has 1 aliphatic rings. The van der Waals surface area contributed by atoms with E-state index in [1.807, 2.05) is 0 Å². The largest absolute Gasteiger partial charge is 0.285 e. The predicted octanol–water partition coefficient (Wildman–Crippen LogP) is 2.10. The molecule has 1 aliphatic carbocycles. The molecule has 3 nitrogen and oxygen atoms in total. The fourth-order valence-corrected chi connectivity index (χ4v) is 2.89. The zero-order valence-corrected chi connectivity index (χ0v) is 9.35. The van der Waals surface area contributed by atoms with Gasteiger partial charge in [0.1, 0.15) is 0 Å². The zero-order valence-electron chi connectivity index (χ0n) is 7.02. The van der Waals surface area contributed by atoms with E-state index < -0.39 is 20.2 Å². The van der Waals surface area contributed by atoms with E-state index in [1.165, 1.54) is 12.2 Å². The van der Waals surface area contributed by atoms with Crippen molar-refractivity contribution in [3.8, 4) is 0 Å². The Bertz CT molecular complexity index is 410. The highest BCUT2D eigenvalue weighted by Crippen LogP contribution is 2.34. The summed E-state index contributed by atoms with van der Waals surface area (Å²) in [5, 5.41) is -0.725. The molecule has 14 heavy (non-hydrogen) atoms. The van der Waals surface area contributed by atoms with Crippen molar-refractivity contribution in [1.82, 2.24) is 0 Å². The summed E-state index contributed by atoms with van der Waals surface area (Å²) in [7, 11) is -4.38. The summed E-state index contributed by atoms with van der Waals surface area (Å²) in [5.41, 5.74) is 0. The number of alkyl halides is 1. The highest BCUT2D eigenvalue weighted by molar-refractivity contribution is 7.87. The van der Waals surface area contributed by atoms with Crippen molar-refractivity contribution in [1.29, 1.82) is 0 Å². The second-order valence-corrected chi connectivity index (χ2v) is 5.39. The van der Waals surface area contributed by atoms with Crippen LogP contribution in [0.4, 0.5) is 0 Å². The van der Waals surface area contributed by atoms with E-state index in [-0.39, 0.29) is 5.03 Å². The van der Waals surface area contributed by atoms with Gasteiger partial charge in [0.2, 0.25) is 0 Å². The molecule has 0 fully saturated rings. The fraction of sp³-hybridized carbons (Fsp3) is 0.250. The molecule has 0 aromatic rings. The molecular weight excluding hydrogens is 247 g/mol. The molecule has 2 atom stereocenters. The molecule has 0 aromatic carbocycles. The molecule has 0 aliphatic heterocycles. The van der Waals surface area contributed by atoms with E-state index in [0.29, 0.717) is 0 Å². The van der Waals surface area contributed by atoms with Gasteiger partial charge < -0.3 is 0 Å². The maximum Gasteiger partial charge on any atom is 0.279 e. The zero-order chi connectivity index (χ0) is 11.0. The van der Waals surface area contributed by atoms with Crippen LogP contribution in [0.15, 0.2) is 35.9 Å². The first kappa shape index (κ1) is 11.8. The quantitative estimate of drug-likeness (QED) is 0.467. The van der Waals surface area contributed by atoms with Crippen molar-refractivity contribution in [2.75, 3.05) is 0 Å². The molecule has 0 saturated heterocycles. The summed E-state index contributed by atoms with van der Waals surface area (Å²) >= 11 is 11.4. The maximum absolute atomic E-state index is 11.2. The third kappa shape index (κ3) is 1.75. The van der Waals surface area contributed by atoms with Crippen LogP contribution >= 0.6 is 23.2 Å². The average molecular weight is 255 g/mol. The van der Waals surface area contributed by atoms with Gasteiger partial charge in [0.25, 0.3) is 10.1 Å². The minimum atomic E-state index is -4.38. The van der Waals surface area contributed by atoms with Crippen molar-refractivity contribution in [3.63, 3.8) is 0 Å². The monoisotopic (exact) mass is 254 g/mol. The molecule has 2 unspecified atom stereocenters. The van der Waals surface area contributed by atoms with Crippen LogP contribution in [0.1, 0.15) is 0 Å². The first-order valence-corrected chi connectivity index (χ1v) is 5.90. The number of allylic oxidation sites excluding steroid dienone is 3. The maximum atomic E-state index is 11.2. The average Bonchev–Trinajstić information content (AvgIpc) is 2.07. The smallest absolute Gasteiger partial charge is 0.279 e. The molecular formula is C8H8Cl2O3S. The van der Waals surface area contributed by atoms with Crippen LogP contribution in [-0.2, 0) is 10.1 Å². The van der Waals surface area contributed by atoms with Gasteiger partial charge in [-0.25, -0.2) is 0 Å². The van der Waals surface area contributed by atoms with Crippen LogP contribution in [0, 0.1) is 0 Å². The van der Waals surface area contributed by atoms with E-state index in [1.54, 1.807) is 0 Å². The minimum Gasteiger partial charge on any atom is -0.285 e. The van der Waals surface area contributed by atoms with E-state index in [4.69, 9.17) is 27.8 Å². The molecule has 0 heterocycles. The molecule has 0 amide bonds. The molecule has 1 N–H and O–H groups in total. The van der Waals surface area contributed by atoms with Crippen LogP contribution in [0.3, 0.4) is 0 Å². The van der Waals surface area contributed by atoms with Gasteiger partial charge in [0, 0.05) is 5.03 Å². The van der Waals surface area contributed by atoms with Gasteiger partial charge in [-0.3, -0.25) is 4.55 Å². The SMILES string of the molecule is C=CC1(S(=O)(=O)O)C=C(Cl)C=CC1Cl. The van der Waals surface area contributed by atoms with Crippen molar-refractivity contribution >= 4 is 33.3 Å². The minimum absolute atomic E-state index is 0.194. The second-order valence-electron chi connectivity index (χ2n) is 2.82. The van der Waals surface area contributed by atoms with Crippen molar-refractivity contribution < 1.29 is 13.0 Å². The number of hydrogen-bond donors (Lipinski definition) is 1. The third-order valence-corrected chi connectivity index (χ3v) is 4.29. The summed E-state index contributed by atoms with van der Waals surface area (Å²) in [6.45, 7) is 3.35. The Kier molecular flexibility index (Phi) is 3.11. The Labute approximate surface area is 92.5 Å². The van der Waals surface area contributed by atoms with Gasteiger partial charge >= 0.3 is 0 Å². The highest BCUT2D eigenvalue weighted by Gasteiger charge is 2.45. The summed E-state index contributed by atoms with van der Waals surface area (Å²) in [4.78, 5) is 0. The lowest BCUT2D eigenvalue weighted by Gasteiger charge is -2.29. The molecule has 0 saturated carbocycles. The fourth-order valence-electron chi connectivity index (χ4n) is 1.16. The molecule has 0 spiro atoms.